The predicted octanol–water partition coefficient (Wildman–Crippen LogP) is 2.54. The zero-order chi connectivity index (χ0) is 14.1. The molecule has 4 nitrogen and oxygen atoms in total. The second-order valence-corrected chi connectivity index (χ2v) is 7.08. The first kappa shape index (κ1) is 15.2. The van der Waals surface area contributed by atoms with Crippen LogP contribution in [-0.2, 0) is 18.9 Å². The molecule has 0 aromatic carbocycles. The highest BCUT2D eigenvalue weighted by Crippen LogP contribution is 2.29. The Morgan fingerprint density at radius 1 is 1.05 bits per heavy atom. The van der Waals surface area contributed by atoms with E-state index in [1.54, 1.807) is 0 Å². The average molecular weight is 272 g/mol. The lowest BCUT2D eigenvalue weighted by atomic mass is 9.98. The molecule has 0 aromatic heterocycles. The number of epoxide rings is 2. The van der Waals surface area contributed by atoms with E-state index in [-0.39, 0.29) is 17.3 Å². The minimum Gasteiger partial charge on any atom is -0.373 e. The van der Waals surface area contributed by atoms with Crippen LogP contribution >= 0.6 is 0 Å². The van der Waals surface area contributed by atoms with Crippen LogP contribution < -0.4 is 0 Å². The lowest BCUT2D eigenvalue weighted by Gasteiger charge is -2.33. The van der Waals surface area contributed by atoms with Crippen LogP contribution in [0.5, 0.6) is 0 Å². The van der Waals surface area contributed by atoms with Crippen LogP contribution in [0.2, 0.25) is 0 Å². The first-order valence-corrected chi connectivity index (χ1v) is 7.31. The minimum atomic E-state index is -0.169. The van der Waals surface area contributed by atoms with Crippen molar-refractivity contribution in [2.45, 2.75) is 77.0 Å². The Hall–Kier alpha value is -0.160. The van der Waals surface area contributed by atoms with Crippen molar-refractivity contribution in [3.8, 4) is 0 Å². The smallest absolute Gasteiger partial charge is 0.104 e. The Morgan fingerprint density at radius 3 is 2.16 bits per heavy atom. The molecule has 0 aromatic rings. The molecule has 112 valence electrons. The van der Waals surface area contributed by atoms with Crippen LogP contribution in [-0.4, -0.2) is 49.3 Å². The molecule has 4 heteroatoms. The maximum Gasteiger partial charge on any atom is 0.104 e. The highest BCUT2D eigenvalue weighted by atomic mass is 16.6. The molecule has 2 heterocycles. The largest absolute Gasteiger partial charge is 0.373 e. The van der Waals surface area contributed by atoms with Gasteiger partial charge in [0.2, 0.25) is 0 Å². The summed E-state index contributed by atoms with van der Waals surface area (Å²) in [5.41, 5.74) is -0.298. The second-order valence-electron chi connectivity index (χ2n) is 7.08. The van der Waals surface area contributed by atoms with E-state index in [0.717, 1.165) is 26.1 Å². The van der Waals surface area contributed by atoms with Gasteiger partial charge in [0.05, 0.1) is 43.2 Å². The van der Waals surface area contributed by atoms with Crippen LogP contribution in [0.4, 0.5) is 0 Å². The fourth-order valence-corrected chi connectivity index (χ4v) is 2.60. The number of hydrogen-bond donors (Lipinski definition) is 0. The van der Waals surface area contributed by atoms with Gasteiger partial charge < -0.3 is 18.9 Å². The van der Waals surface area contributed by atoms with Crippen LogP contribution in [0, 0.1) is 0 Å². The maximum atomic E-state index is 6.16. The Bertz CT molecular complexity index is 293. The van der Waals surface area contributed by atoms with E-state index in [1.165, 1.54) is 0 Å². The zero-order valence-electron chi connectivity index (χ0n) is 12.9. The second kappa shape index (κ2) is 5.68. The number of hydrogen-bond acceptors (Lipinski definition) is 4. The topological polar surface area (TPSA) is 43.5 Å². The zero-order valence-corrected chi connectivity index (χ0v) is 12.9. The standard InChI is InChI=1S/C15H28O4/c1-11(19-15(4,5)7-12-8-16-12)6-14(2,3)18-10-13-9-17-13/h11-13H,6-10H2,1-5H3. The highest BCUT2D eigenvalue weighted by molar-refractivity contribution is 4.83. The summed E-state index contributed by atoms with van der Waals surface area (Å²) in [6.07, 6.45) is 2.74. The van der Waals surface area contributed by atoms with Crippen molar-refractivity contribution in [3.63, 3.8) is 0 Å². The summed E-state index contributed by atoms with van der Waals surface area (Å²) in [6, 6.07) is 0. The van der Waals surface area contributed by atoms with E-state index < -0.39 is 0 Å². The van der Waals surface area contributed by atoms with Crippen molar-refractivity contribution in [2.75, 3.05) is 19.8 Å². The van der Waals surface area contributed by atoms with Gasteiger partial charge >= 0.3 is 0 Å². The van der Waals surface area contributed by atoms with E-state index in [2.05, 4.69) is 34.6 Å². The number of ether oxygens (including phenoxy) is 4. The normalized spacial score (nSPS) is 28.3. The molecule has 3 unspecified atom stereocenters. The Morgan fingerprint density at radius 2 is 1.63 bits per heavy atom. The van der Waals surface area contributed by atoms with E-state index in [1.807, 2.05) is 0 Å². The van der Waals surface area contributed by atoms with E-state index in [0.29, 0.717) is 18.8 Å². The van der Waals surface area contributed by atoms with Gasteiger partial charge in [-0.25, -0.2) is 0 Å². The van der Waals surface area contributed by atoms with Crippen molar-refractivity contribution < 1.29 is 18.9 Å². The molecule has 3 atom stereocenters. The molecule has 0 bridgehead atoms. The summed E-state index contributed by atoms with van der Waals surface area (Å²) in [7, 11) is 0. The van der Waals surface area contributed by atoms with Crippen molar-refractivity contribution in [3.05, 3.63) is 0 Å². The maximum absolute atomic E-state index is 6.16. The third kappa shape index (κ3) is 6.21. The average Bonchev–Trinajstić information content (AvgIpc) is 3.07. The van der Waals surface area contributed by atoms with Crippen molar-refractivity contribution >= 4 is 0 Å². The third-order valence-corrected chi connectivity index (χ3v) is 3.48. The molecular weight excluding hydrogens is 244 g/mol. The van der Waals surface area contributed by atoms with Gasteiger partial charge in [-0.15, -0.1) is 0 Å². The molecule has 0 amide bonds. The first-order valence-electron chi connectivity index (χ1n) is 7.31. The summed E-state index contributed by atoms with van der Waals surface area (Å²) >= 11 is 0. The Balaban J connectivity index is 1.69. The Kier molecular flexibility index (Phi) is 4.56. The molecule has 0 radical (unpaired) electrons. The fraction of sp³-hybridized carbons (Fsp3) is 1.00. The van der Waals surface area contributed by atoms with Gasteiger partial charge in [0.15, 0.2) is 0 Å². The molecule has 2 fully saturated rings. The molecule has 2 saturated heterocycles. The molecule has 19 heavy (non-hydrogen) atoms. The molecule has 0 saturated carbocycles. The number of rotatable bonds is 9. The van der Waals surface area contributed by atoms with Crippen LogP contribution in [0.15, 0.2) is 0 Å². The first-order chi connectivity index (χ1) is 8.76. The molecule has 0 spiro atoms. The third-order valence-electron chi connectivity index (χ3n) is 3.48. The summed E-state index contributed by atoms with van der Waals surface area (Å²) in [4.78, 5) is 0. The fourth-order valence-electron chi connectivity index (χ4n) is 2.60. The van der Waals surface area contributed by atoms with Crippen molar-refractivity contribution in [1.29, 1.82) is 0 Å². The van der Waals surface area contributed by atoms with Gasteiger partial charge in [-0.3, -0.25) is 0 Å². The molecule has 0 N–H and O–H groups in total. The molecule has 2 rings (SSSR count). The van der Waals surface area contributed by atoms with Crippen LogP contribution in [0.1, 0.15) is 47.5 Å². The Labute approximate surface area is 116 Å². The summed E-state index contributed by atoms with van der Waals surface area (Å²) < 4.78 is 22.5. The van der Waals surface area contributed by atoms with Crippen molar-refractivity contribution in [1.82, 2.24) is 0 Å². The van der Waals surface area contributed by atoms with Gasteiger partial charge in [-0.05, 0) is 34.6 Å². The highest BCUT2D eigenvalue weighted by Gasteiger charge is 2.34. The summed E-state index contributed by atoms with van der Waals surface area (Å²) in [6.45, 7) is 13.0. The molecule has 2 aliphatic heterocycles. The summed E-state index contributed by atoms with van der Waals surface area (Å²) in [5, 5.41) is 0. The van der Waals surface area contributed by atoms with Crippen LogP contribution in [0.3, 0.4) is 0 Å². The SMILES string of the molecule is CC(CC(C)(C)OCC1CO1)OC(C)(C)CC1CO1. The minimum absolute atomic E-state index is 0.129. The lowest BCUT2D eigenvalue weighted by Crippen LogP contribution is -2.36. The van der Waals surface area contributed by atoms with Gasteiger partial charge in [0.25, 0.3) is 0 Å². The van der Waals surface area contributed by atoms with Crippen LogP contribution in [0.25, 0.3) is 0 Å². The molecule has 2 aliphatic rings. The van der Waals surface area contributed by atoms with Gasteiger partial charge in [-0.2, -0.15) is 0 Å². The van der Waals surface area contributed by atoms with E-state index in [4.69, 9.17) is 18.9 Å². The van der Waals surface area contributed by atoms with Gasteiger partial charge in [0.1, 0.15) is 6.10 Å². The van der Waals surface area contributed by atoms with Gasteiger partial charge in [0, 0.05) is 12.8 Å². The molecular formula is C15H28O4. The monoisotopic (exact) mass is 272 g/mol. The van der Waals surface area contributed by atoms with E-state index in [9.17, 15) is 0 Å². The summed E-state index contributed by atoms with van der Waals surface area (Å²) in [5.74, 6) is 0. The molecule has 0 aliphatic carbocycles. The quantitative estimate of drug-likeness (QED) is 0.605. The van der Waals surface area contributed by atoms with Crippen molar-refractivity contribution in [2.24, 2.45) is 0 Å². The van der Waals surface area contributed by atoms with E-state index >= 15 is 0 Å². The predicted molar refractivity (Wildman–Crippen MR) is 73.4 cm³/mol. The lowest BCUT2D eigenvalue weighted by molar-refractivity contribution is -0.113. The van der Waals surface area contributed by atoms with Gasteiger partial charge in [-0.1, -0.05) is 0 Å².